The number of amides is 1. The van der Waals surface area contributed by atoms with Crippen LogP contribution in [-0.4, -0.2) is 23.2 Å². The smallest absolute Gasteiger partial charge is 0.251 e. The number of benzene rings is 1. The highest BCUT2D eigenvalue weighted by Gasteiger charge is 2.34. The lowest BCUT2D eigenvalue weighted by Gasteiger charge is -2.36. The summed E-state index contributed by atoms with van der Waals surface area (Å²) in [6.07, 6.45) is 2.43. The zero-order chi connectivity index (χ0) is 12.5. The SMILES string of the molecule is Cc1ccc(F)cc1C(=O)NCC1(O)CCC1. The maximum absolute atomic E-state index is 13.0. The summed E-state index contributed by atoms with van der Waals surface area (Å²) in [5, 5.41) is 12.5. The van der Waals surface area contributed by atoms with E-state index >= 15 is 0 Å². The quantitative estimate of drug-likeness (QED) is 0.841. The van der Waals surface area contributed by atoms with Crippen molar-refractivity contribution in [1.82, 2.24) is 5.32 Å². The van der Waals surface area contributed by atoms with Gasteiger partial charge >= 0.3 is 0 Å². The molecule has 1 amide bonds. The van der Waals surface area contributed by atoms with Crippen molar-refractivity contribution >= 4 is 5.91 Å². The molecule has 1 aliphatic carbocycles. The van der Waals surface area contributed by atoms with E-state index in [4.69, 9.17) is 0 Å². The summed E-state index contributed by atoms with van der Waals surface area (Å²) in [6.45, 7) is 1.99. The average Bonchev–Trinajstić information content (AvgIpc) is 2.26. The molecule has 0 saturated heterocycles. The highest BCUT2D eigenvalue weighted by Crippen LogP contribution is 2.30. The molecule has 1 fully saturated rings. The van der Waals surface area contributed by atoms with Gasteiger partial charge in [-0.2, -0.15) is 0 Å². The standard InChI is InChI=1S/C13H16FNO2/c1-9-3-4-10(14)7-11(9)12(16)15-8-13(17)5-2-6-13/h3-4,7,17H,2,5-6,8H2,1H3,(H,15,16). The molecule has 1 saturated carbocycles. The second-order valence-electron chi connectivity index (χ2n) is 4.72. The molecular formula is C13H16FNO2. The fourth-order valence-electron chi connectivity index (χ4n) is 1.94. The van der Waals surface area contributed by atoms with Crippen molar-refractivity contribution in [2.45, 2.75) is 31.8 Å². The minimum absolute atomic E-state index is 0.238. The lowest BCUT2D eigenvalue weighted by Crippen LogP contribution is -2.47. The van der Waals surface area contributed by atoms with Crippen molar-refractivity contribution < 1.29 is 14.3 Å². The summed E-state index contributed by atoms with van der Waals surface area (Å²) in [5.74, 6) is -0.759. The molecule has 3 nitrogen and oxygen atoms in total. The van der Waals surface area contributed by atoms with Gasteiger partial charge in [0.1, 0.15) is 5.82 Å². The minimum atomic E-state index is -0.753. The summed E-state index contributed by atoms with van der Waals surface area (Å²) in [7, 11) is 0. The van der Waals surface area contributed by atoms with Gasteiger partial charge in [0.05, 0.1) is 5.60 Å². The molecular weight excluding hydrogens is 221 g/mol. The molecule has 0 aromatic heterocycles. The first-order valence-electron chi connectivity index (χ1n) is 5.77. The van der Waals surface area contributed by atoms with Gasteiger partial charge in [0.2, 0.25) is 0 Å². The predicted octanol–water partition coefficient (Wildman–Crippen LogP) is 1.78. The Morgan fingerprint density at radius 1 is 1.53 bits per heavy atom. The van der Waals surface area contributed by atoms with Crippen molar-refractivity contribution in [3.63, 3.8) is 0 Å². The lowest BCUT2D eigenvalue weighted by molar-refractivity contribution is -0.0300. The summed E-state index contributed by atoms with van der Waals surface area (Å²) in [5.41, 5.74) is 0.300. The molecule has 0 spiro atoms. The fraction of sp³-hybridized carbons (Fsp3) is 0.462. The molecule has 17 heavy (non-hydrogen) atoms. The number of carbonyl (C=O) groups is 1. The summed E-state index contributed by atoms with van der Waals surface area (Å²) in [6, 6.07) is 4.11. The highest BCUT2D eigenvalue weighted by atomic mass is 19.1. The Morgan fingerprint density at radius 3 is 2.82 bits per heavy atom. The molecule has 2 N–H and O–H groups in total. The van der Waals surface area contributed by atoms with E-state index in [1.54, 1.807) is 13.0 Å². The first-order chi connectivity index (χ1) is 8.00. The van der Waals surface area contributed by atoms with E-state index in [9.17, 15) is 14.3 Å². The third-order valence-corrected chi connectivity index (χ3v) is 3.31. The van der Waals surface area contributed by atoms with Crippen LogP contribution in [0.15, 0.2) is 18.2 Å². The number of nitrogens with one attached hydrogen (secondary N) is 1. The molecule has 0 bridgehead atoms. The molecule has 0 aliphatic heterocycles. The molecule has 0 heterocycles. The molecule has 0 unspecified atom stereocenters. The van der Waals surface area contributed by atoms with Gasteiger partial charge in [-0.25, -0.2) is 4.39 Å². The van der Waals surface area contributed by atoms with Crippen LogP contribution >= 0.6 is 0 Å². The van der Waals surface area contributed by atoms with Crippen molar-refractivity contribution in [3.05, 3.63) is 35.1 Å². The molecule has 4 heteroatoms. The second kappa shape index (κ2) is 4.45. The van der Waals surface area contributed by atoms with Gasteiger partial charge in [-0.1, -0.05) is 6.07 Å². The third kappa shape index (κ3) is 2.64. The Morgan fingerprint density at radius 2 is 2.24 bits per heavy atom. The van der Waals surface area contributed by atoms with E-state index in [1.807, 2.05) is 0 Å². The first-order valence-corrected chi connectivity index (χ1v) is 5.77. The fourth-order valence-corrected chi connectivity index (χ4v) is 1.94. The zero-order valence-electron chi connectivity index (χ0n) is 9.79. The van der Waals surface area contributed by atoms with Gasteiger partial charge in [-0.3, -0.25) is 4.79 Å². The van der Waals surface area contributed by atoms with E-state index in [1.165, 1.54) is 12.1 Å². The maximum Gasteiger partial charge on any atom is 0.251 e. The van der Waals surface area contributed by atoms with Crippen LogP contribution in [0.3, 0.4) is 0 Å². The Bertz CT molecular complexity index is 441. The van der Waals surface area contributed by atoms with Gasteiger partial charge < -0.3 is 10.4 Å². The molecule has 92 valence electrons. The van der Waals surface area contributed by atoms with Gasteiger partial charge in [-0.05, 0) is 43.9 Å². The molecule has 2 rings (SSSR count). The normalized spacial score (nSPS) is 17.4. The third-order valence-electron chi connectivity index (χ3n) is 3.31. The average molecular weight is 237 g/mol. The number of hydrogen-bond acceptors (Lipinski definition) is 2. The Labute approximate surface area is 99.7 Å². The molecule has 1 aromatic carbocycles. The van der Waals surface area contributed by atoms with Gasteiger partial charge in [0, 0.05) is 12.1 Å². The van der Waals surface area contributed by atoms with Gasteiger partial charge in [0.25, 0.3) is 5.91 Å². The number of halogens is 1. The van der Waals surface area contributed by atoms with Crippen molar-refractivity contribution in [2.24, 2.45) is 0 Å². The number of hydrogen-bond donors (Lipinski definition) is 2. The van der Waals surface area contributed by atoms with E-state index in [-0.39, 0.29) is 12.5 Å². The summed E-state index contributed by atoms with van der Waals surface area (Å²) in [4.78, 5) is 11.8. The van der Waals surface area contributed by atoms with Crippen LogP contribution in [0.25, 0.3) is 0 Å². The van der Waals surface area contributed by atoms with Gasteiger partial charge in [-0.15, -0.1) is 0 Å². The number of rotatable bonds is 3. The summed E-state index contributed by atoms with van der Waals surface area (Å²) < 4.78 is 13.0. The largest absolute Gasteiger partial charge is 0.388 e. The first kappa shape index (κ1) is 12.0. The Hall–Kier alpha value is -1.42. The van der Waals surface area contributed by atoms with Crippen LogP contribution in [-0.2, 0) is 0 Å². The lowest BCUT2D eigenvalue weighted by atomic mass is 9.80. The number of aryl methyl sites for hydroxylation is 1. The van der Waals surface area contributed by atoms with Crippen LogP contribution in [0.1, 0.15) is 35.2 Å². The zero-order valence-corrected chi connectivity index (χ0v) is 9.79. The van der Waals surface area contributed by atoms with Gasteiger partial charge in [0.15, 0.2) is 0 Å². The number of carbonyl (C=O) groups excluding carboxylic acids is 1. The molecule has 0 atom stereocenters. The minimum Gasteiger partial charge on any atom is -0.388 e. The summed E-state index contributed by atoms with van der Waals surface area (Å²) >= 11 is 0. The van der Waals surface area contributed by atoms with E-state index < -0.39 is 11.4 Å². The second-order valence-corrected chi connectivity index (χ2v) is 4.72. The number of aliphatic hydroxyl groups is 1. The van der Waals surface area contributed by atoms with Crippen molar-refractivity contribution in [3.8, 4) is 0 Å². The topological polar surface area (TPSA) is 49.3 Å². The van der Waals surface area contributed by atoms with Crippen LogP contribution < -0.4 is 5.32 Å². The molecule has 1 aromatic rings. The van der Waals surface area contributed by atoms with Crippen LogP contribution in [0, 0.1) is 12.7 Å². The molecule has 0 radical (unpaired) electrons. The van der Waals surface area contributed by atoms with Crippen LogP contribution in [0.5, 0.6) is 0 Å². The predicted molar refractivity (Wildman–Crippen MR) is 62.3 cm³/mol. The maximum atomic E-state index is 13.0. The van der Waals surface area contributed by atoms with Crippen molar-refractivity contribution in [1.29, 1.82) is 0 Å². The van der Waals surface area contributed by atoms with E-state index in [0.717, 1.165) is 24.8 Å². The van der Waals surface area contributed by atoms with Crippen molar-refractivity contribution in [2.75, 3.05) is 6.54 Å². The molecule has 1 aliphatic rings. The van der Waals surface area contributed by atoms with Crippen LogP contribution in [0.2, 0.25) is 0 Å². The highest BCUT2D eigenvalue weighted by molar-refractivity contribution is 5.95. The van der Waals surface area contributed by atoms with E-state index in [2.05, 4.69) is 5.32 Å². The Kier molecular flexibility index (Phi) is 3.15. The monoisotopic (exact) mass is 237 g/mol. The van der Waals surface area contributed by atoms with E-state index in [0.29, 0.717) is 5.56 Å². The Balaban J connectivity index is 2.01. The van der Waals surface area contributed by atoms with Crippen LogP contribution in [0.4, 0.5) is 4.39 Å².